The summed E-state index contributed by atoms with van der Waals surface area (Å²) in [4.78, 5) is 5.27. The third-order valence-electron chi connectivity index (χ3n) is 4.03. The Hall–Kier alpha value is 0.137. The summed E-state index contributed by atoms with van der Waals surface area (Å²) in [5.41, 5.74) is 0. The van der Waals surface area contributed by atoms with Gasteiger partial charge in [-0.3, -0.25) is 9.80 Å². The zero-order valence-electron chi connectivity index (χ0n) is 13.5. The van der Waals surface area contributed by atoms with Gasteiger partial charge >= 0.3 is 0 Å². The van der Waals surface area contributed by atoms with Crippen LogP contribution in [0, 0.1) is 0 Å². The van der Waals surface area contributed by atoms with Gasteiger partial charge in [0.05, 0.1) is 6.17 Å². The predicted octanol–water partition coefficient (Wildman–Crippen LogP) is 3.19. The van der Waals surface area contributed by atoms with Crippen molar-refractivity contribution in [2.75, 3.05) is 26.2 Å². The molecule has 0 unspecified atom stereocenters. The average molecular weight is 273 g/mol. The van der Waals surface area contributed by atoms with E-state index < -0.39 is 0 Å². The van der Waals surface area contributed by atoms with Crippen LogP contribution < -0.4 is 0 Å². The monoisotopic (exact) mass is 272 g/mol. The van der Waals surface area contributed by atoms with E-state index in [1.165, 1.54) is 45.4 Å². The van der Waals surface area contributed by atoms with E-state index in [1.807, 2.05) is 0 Å². The van der Waals surface area contributed by atoms with E-state index >= 15 is 0 Å². The molecule has 2 nitrogen and oxygen atoms in total. The Morgan fingerprint density at radius 1 is 0.778 bits per heavy atom. The SMILES string of the molecule is CCC[SiH2]CCCC(N(CC)CC)N(CC)CC. The molecule has 18 heavy (non-hydrogen) atoms. The first-order chi connectivity index (χ1) is 8.74. The van der Waals surface area contributed by atoms with E-state index in [2.05, 4.69) is 44.4 Å². The van der Waals surface area contributed by atoms with Crippen LogP contribution >= 0.6 is 0 Å². The lowest BCUT2D eigenvalue weighted by Crippen LogP contribution is -2.48. The van der Waals surface area contributed by atoms with Crippen molar-refractivity contribution in [3.63, 3.8) is 0 Å². The summed E-state index contributed by atoms with van der Waals surface area (Å²) < 4.78 is 0. The van der Waals surface area contributed by atoms with Crippen LogP contribution in [0.4, 0.5) is 0 Å². The first kappa shape index (κ1) is 18.1. The van der Waals surface area contributed by atoms with Crippen molar-refractivity contribution >= 4 is 9.52 Å². The standard InChI is InChI=1S/C15H36N2Si/c1-6-13-18-14-11-12-15(16(7-2)8-3)17(9-4)10-5/h15H,6-14,18H2,1-5H3. The molecule has 110 valence electrons. The number of hydrogen-bond acceptors (Lipinski definition) is 2. The smallest absolute Gasteiger partial charge is 0.0621 e. The highest BCUT2D eigenvalue weighted by Crippen LogP contribution is 2.14. The highest BCUT2D eigenvalue weighted by molar-refractivity contribution is 6.35. The zero-order valence-corrected chi connectivity index (χ0v) is 15.0. The second-order valence-electron chi connectivity index (χ2n) is 5.13. The van der Waals surface area contributed by atoms with Crippen molar-refractivity contribution in [2.45, 2.75) is 72.1 Å². The number of hydrogen-bond donors (Lipinski definition) is 0. The topological polar surface area (TPSA) is 6.48 Å². The number of rotatable bonds is 12. The van der Waals surface area contributed by atoms with Crippen LogP contribution in [-0.2, 0) is 0 Å². The molecule has 0 heterocycles. The Balaban J connectivity index is 4.19. The van der Waals surface area contributed by atoms with E-state index in [9.17, 15) is 0 Å². The van der Waals surface area contributed by atoms with Crippen LogP contribution in [0.25, 0.3) is 0 Å². The lowest BCUT2D eigenvalue weighted by atomic mass is 10.2. The molecule has 3 heteroatoms. The van der Waals surface area contributed by atoms with Gasteiger partial charge in [0.25, 0.3) is 0 Å². The average Bonchev–Trinajstić information content (AvgIpc) is 2.40. The Morgan fingerprint density at radius 2 is 1.28 bits per heavy atom. The van der Waals surface area contributed by atoms with Gasteiger partial charge in [-0.15, -0.1) is 0 Å². The highest BCUT2D eigenvalue weighted by atomic mass is 28.2. The maximum atomic E-state index is 2.63. The first-order valence-corrected chi connectivity index (χ1v) is 10.2. The van der Waals surface area contributed by atoms with Gasteiger partial charge < -0.3 is 0 Å². The second kappa shape index (κ2) is 12.2. The Bertz CT molecular complexity index is 156. The maximum Gasteiger partial charge on any atom is 0.0621 e. The van der Waals surface area contributed by atoms with Crippen molar-refractivity contribution in [2.24, 2.45) is 0 Å². The first-order valence-electron chi connectivity index (χ1n) is 8.23. The van der Waals surface area contributed by atoms with Crippen molar-refractivity contribution in [1.29, 1.82) is 0 Å². The van der Waals surface area contributed by atoms with E-state index in [0.29, 0.717) is 6.17 Å². The molecule has 0 radical (unpaired) electrons. The minimum Gasteiger partial charge on any atom is -0.288 e. The van der Waals surface area contributed by atoms with Gasteiger partial charge in [-0.1, -0.05) is 59.5 Å². The van der Waals surface area contributed by atoms with Crippen LogP contribution in [0.1, 0.15) is 53.9 Å². The predicted molar refractivity (Wildman–Crippen MR) is 87.3 cm³/mol. The van der Waals surface area contributed by atoms with Crippen LogP contribution in [0.5, 0.6) is 0 Å². The molecular weight excluding hydrogens is 236 g/mol. The summed E-state index contributed by atoms with van der Waals surface area (Å²) >= 11 is 0. The molecule has 0 saturated heterocycles. The van der Waals surface area contributed by atoms with Gasteiger partial charge in [0.15, 0.2) is 0 Å². The summed E-state index contributed by atoms with van der Waals surface area (Å²) in [6, 6.07) is 3.09. The Morgan fingerprint density at radius 3 is 1.67 bits per heavy atom. The van der Waals surface area contributed by atoms with Crippen LogP contribution in [0.2, 0.25) is 12.1 Å². The number of nitrogens with zero attached hydrogens (tertiary/aromatic N) is 2. The summed E-state index contributed by atoms with van der Waals surface area (Å²) in [5, 5.41) is 0. The van der Waals surface area contributed by atoms with Gasteiger partial charge in [0.1, 0.15) is 0 Å². The maximum absolute atomic E-state index is 2.63. The quantitative estimate of drug-likeness (QED) is 0.306. The second-order valence-corrected chi connectivity index (χ2v) is 7.25. The van der Waals surface area contributed by atoms with Gasteiger partial charge in [0.2, 0.25) is 0 Å². The lowest BCUT2D eigenvalue weighted by Gasteiger charge is -2.38. The molecule has 0 spiro atoms. The van der Waals surface area contributed by atoms with Crippen molar-refractivity contribution in [3.8, 4) is 0 Å². The Labute approximate surface area is 118 Å². The molecule has 0 saturated carbocycles. The molecule has 0 aliphatic rings. The summed E-state index contributed by atoms with van der Waals surface area (Å²) in [6.45, 7) is 16.2. The van der Waals surface area contributed by atoms with Crippen molar-refractivity contribution in [3.05, 3.63) is 0 Å². The molecule has 0 atom stereocenters. The zero-order chi connectivity index (χ0) is 13.8. The third kappa shape index (κ3) is 6.91. The van der Waals surface area contributed by atoms with E-state index in [1.54, 1.807) is 12.1 Å². The van der Waals surface area contributed by atoms with E-state index in [0.717, 1.165) is 0 Å². The van der Waals surface area contributed by atoms with Gasteiger partial charge in [-0.2, -0.15) is 0 Å². The summed E-state index contributed by atoms with van der Waals surface area (Å²) in [7, 11) is 0.257. The minimum absolute atomic E-state index is 0.257. The van der Waals surface area contributed by atoms with Crippen LogP contribution in [0.15, 0.2) is 0 Å². The lowest BCUT2D eigenvalue weighted by molar-refractivity contribution is 0.0497. The molecular formula is C15H36N2Si. The molecule has 0 rings (SSSR count). The molecule has 0 bridgehead atoms. The summed E-state index contributed by atoms with van der Waals surface area (Å²) in [6.07, 6.45) is 4.91. The molecule has 0 aromatic carbocycles. The largest absolute Gasteiger partial charge is 0.288 e. The molecule has 0 aromatic heterocycles. The van der Waals surface area contributed by atoms with Crippen molar-refractivity contribution < 1.29 is 0 Å². The van der Waals surface area contributed by atoms with Crippen molar-refractivity contribution in [1.82, 2.24) is 9.80 Å². The fraction of sp³-hybridized carbons (Fsp3) is 1.00. The third-order valence-corrected chi connectivity index (χ3v) is 6.24. The fourth-order valence-corrected chi connectivity index (χ4v) is 4.31. The molecule has 0 amide bonds. The molecule has 0 aromatic rings. The normalized spacial score (nSPS) is 12.7. The van der Waals surface area contributed by atoms with Gasteiger partial charge in [-0.25, -0.2) is 0 Å². The molecule has 0 aliphatic heterocycles. The van der Waals surface area contributed by atoms with E-state index in [4.69, 9.17) is 0 Å². The van der Waals surface area contributed by atoms with Gasteiger partial charge in [-0.05, 0) is 32.6 Å². The summed E-state index contributed by atoms with van der Waals surface area (Å²) in [5.74, 6) is 0. The van der Waals surface area contributed by atoms with Crippen LogP contribution in [0.3, 0.4) is 0 Å². The highest BCUT2D eigenvalue weighted by Gasteiger charge is 2.20. The molecule has 0 N–H and O–H groups in total. The molecule has 0 fully saturated rings. The fourth-order valence-electron chi connectivity index (χ4n) is 2.82. The van der Waals surface area contributed by atoms with Crippen LogP contribution in [-0.4, -0.2) is 51.7 Å². The Kier molecular flexibility index (Phi) is 12.3. The van der Waals surface area contributed by atoms with Gasteiger partial charge in [0, 0.05) is 9.52 Å². The van der Waals surface area contributed by atoms with E-state index in [-0.39, 0.29) is 9.52 Å². The minimum atomic E-state index is 0.257. The molecule has 0 aliphatic carbocycles.